The van der Waals surface area contributed by atoms with Crippen molar-refractivity contribution < 1.29 is 8.85 Å². The zero-order chi connectivity index (χ0) is 11.7. The highest BCUT2D eigenvalue weighted by Crippen LogP contribution is 2.46. The molecule has 1 saturated carbocycles. The molecule has 1 aliphatic heterocycles. The predicted octanol–water partition coefficient (Wildman–Crippen LogP) is 3.26. The van der Waals surface area contributed by atoms with E-state index in [1.165, 1.54) is 19.3 Å². The fraction of sp³-hybridized carbons (Fsp3) is 0.714. The summed E-state index contributed by atoms with van der Waals surface area (Å²) in [5, 5.41) is 0. The second-order valence-corrected chi connectivity index (χ2v) is 9.15. The van der Waals surface area contributed by atoms with Gasteiger partial charge in [-0.25, -0.2) is 0 Å². The van der Waals surface area contributed by atoms with E-state index in [1.807, 2.05) is 0 Å². The molecule has 0 spiro atoms. The molecular formula is C14H22O2Si. The van der Waals surface area contributed by atoms with Gasteiger partial charge in [-0.1, -0.05) is 24.3 Å². The first-order valence-electron chi connectivity index (χ1n) is 6.86. The molecule has 2 aliphatic carbocycles. The first kappa shape index (κ1) is 11.7. The Morgan fingerprint density at radius 2 is 1.88 bits per heavy atom. The average Bonchev–Trinajstić information content (AvgIpc) is 2.87. The molecule has 1 fully saturated rings. The van der Waals surface area contributed by atoms with Gasteiger partial charge in [-0.3, -0.25) is 0 Å². The van der Waals surface area contributed by atoms with Gasteiger partial charge in [-0.15, -0.1) is 0 Å². The van der Waals surface area contributed by atoms with Gasteiger partial charge in [-0.05, 0) is 49.6 Å². The van der Waals surface area contributed by atoms with Gasteiger partial charge in [0.15, 0.2) is 0 Å². The van der Waals surface area contributed by atoms with E-state index >= 15 is 0 Å². The van der Waals surface area contributed by atoms with Crippen molar-refractivity contribution in [3.8, 4) is 0 Å². The van der Waals surface area contributed by atoms with Crippen LogP contribution in [0.3, 0.4) is 0 Å². The number of fused-ring (bicyclic) bond motifs is 2. The molecular weight excluding hydrogens is 228 g/mol. The summed E-state index contributed by atoms with van der Waals surface area (Å²) in [6.07, 6.45) is 13.1. The lowest BCUT2D eigenvalue weighted by Crippen LogP contribution is -2.38. The fourth-order valence-electron chi connectivity index (χ4n) is 3.44. The predicted molar refractivity (Wildman–Crippen MR) is 70.9 cm³/mol. The summed E-state index contributed by atoms with van der Waals surface area (Å²) in [6, 6.07) is 1.16. The minimum atomic E-state index is -1.87. The maximum atomic E-state index is 5.94. The van der Waals surface area contributed by atoms with Crippen LogP contribution in [0.2, 0.25) is 12.6 Å². The van der Waals surface area contributed by atoms with Crippen LogP contribution in [-0.4, -0.2) is 21.8 Å². The molecule has 3 aliphatic rings. The van der Waals surface area contributed by atoms with Crippen molar-refractivity contribution in [3.05, 3.63) is 24.3 Å². The normalized spacial score (nSPS) is 38.5. The molecule has 0 aromatic carbocycles. The van der Waals surface area contributed by atoms with Crippen LogP contribution in [0.15, 0.2) is 24.3 Å². The minimum absolute atomic E-state index is 0.749. The second-order valence-electron chi connectivity index (χ2n) is 5.81. The quantitative estimate of drug-likeness (QED) is 0.565. The highest BCUT2D eigenvalue weighted by molar-refractivity contribution is 6.66. The summed E-state index contributed by atoms with van der Waals surface area (Å²) in [5.74, 6) is 2.65. The topological polar surface area (TPSA) is 18.5 Å². The maximum Gasteiger partial charge on any atom is 0.335 e. The van der Waals surface area contributed by atoms with E-state index in [2.05, 4.69) is 30.9 Å². The van der Waals surface area contributed by atoms with Crippen LogP contribution >= 0.6 is 0 Å². The van der Waals surface area contributed by atoms with E-state index in [1.54, 1.807) is 0 Å². The lowest BCUT2D eigenvalue weighted by Gasteiger charge is -2.27. The Labute approximate surface area is 105 Å². The summed E-state index contributed by atoms with van der Waals surface area (Å²) in [4.78, 5) is 0. The van der Waals surface area contributed by atoms with Gasteiger partial charge < -0.3 is 8.85 Å². The molecule has 0 aromatic heterocycles. The monoisotopic (exact) mass is 250 g/mol. The zero-order valence-electron chi connectivity index (χ0n) is 10.6. The Kier molecular flexibility index (Phi) is 3.24. The van der Waals surface area contributed by atoms with E-state index in [9.17, 15) is 0 Å². The van der Waals surface area contributed by atoms with Crippen molar-refractivity contribution in [2.24, 2.45) is 17.8 Å². The third-order valence-electron chi connectivity index (χ3n) is 4.52. The third kappa shape index (κ3) is 2.56. The number of allylic oxidation sites excluding steroid dienone is 2. The van der Waals surface area contributed by atoms with Crippen molar-refractivity contribution in [2.75, 3.05) is 13.2 Å². The molecule has 1 heterocycles. The Balaban J connectivity index is 1.52. The van der Waals surface area contributed by atoms with Crippen molar-refractivity contribution in [2.45, 2.75) is 31.9 Å². The standard InChI is InChI=1S/C14H22O2Si/c1-17(15-7-2-3-8-16-17)9-6-14-11-12-4-5-13(14)10-12/h2-5,12-14H,6-11H2,1H3. The van der Waals surface area contributed by atoms with Crippen molar-refractivity contribution in [1.29, 1.82) is 0 Å². The summed E-state index contributed by atoms with van der Waals surface area (Å²) < 4.78 is 11.9. The van der Waals surface area contributed by atoms with Crippen molar-refractivity contribution >= 4 is 8.56 Å². The molecule has 0 N–H and O–H groups in total. The average molecular weight is 250 g/mol. The SMILES string of the molecule is C[Si]1(CCC2CC3C=CC2C3)OCC=CCO1. The molecule has 0 saturated heterocycles. The smallest absolute Gasteiger partial charge is 0.335 e. The minimum Gasteiger partial charge on any atom is -0.390 e. The Morgan fingerprint density at radius 1 is 1.12 bits per heavy atom. The summed E-state index contributed by atoms with van der Waals surface area (Å²) >= 11 is 0. The molecule has 0 amide bonds. The maximum absolute atomic E-state index is 5.94. The number of hydrogen-bond donors (Lipinski definition) is 0. The molecule has 0 radical (unpaired) electrons. The molecule has 2 bridgehead atoms. The second kappa shape index (κ2) is 4.71. The summed E-state index contributed by atoms with van der Waals surface area (Å²) in [7, 11) is -1.87. The molecule has 2 nitrogen and oxygen atoms in total. The molecule has 0 aromatic rings. The van der Waals surface area contributed by atoms with E-state index in [-0.39, 0.29) is 0 Å². The van der Waals surface area contributed by atoms with Gasteiger partial charge in [0.25, 0.3) is 0 Å². The van der Waals surface area contributed by atoms with Gasteiger partial charge in [0, 0.05) is 0 Å². The van der Waals surface area contributed by atoms with Gasteiger partial charge in [-0.2, -0.15) is 0 Å². The highest BCUT2D eigenvalue weighted by Gasteiger charge is 2.39. The highest BCUT2D eigenvalue weighted by atomic mass is 28.4. The number of rotatable bonds is 3. The summed E-state index contributed by atoms with van der Waals surface area (Å²) in [6.45, 7) is 3.72. The Hall–Kier alpha value is -0.383. The first-order chi connectivity index (χ1) is 8.25. The van der Waals surface area contributed by atoms with Gasteiger partial charge >= 0.3 is 8.56 Å². The molecule has 3 unspecified atom stereocenters. The first-order valence-corrected chi connectivity index (χ1v) is 9.39. The Morgan fingerprint density at radius 3 is 2.47 bits per heavy atom. The van der Waals surface area contributed by atoms with Crippen LogP contribution in [0.25, 0.3) is 0 Å². The molecule has 17 heavy (non-hydrogen) atoms. The lowest BCUT2D eigenvalue weighted by molar-refractivity contribution is 0.212. The van der Waals surface area contributed by atoms with Gasteiger partial charge in [0.1, 0.15) is 0 Å². The van der Waals surface area contributed by atoms with Gasteiger partial charge in [0.05, 0.1) is 13.2 Å². The van der Waals surface area contributed by atoms with E-state index in [0.717, 1.165) is 37.0 Å². The van der Waals surface area contributed by atoms with Crippen LogP contribution in [-0.2, 0) is 8.85 Å². The van der Waals surface area contributed by atoms with Crippen LogP contribution in [0.1, 0.15) is 19.3 Å². The zero-order valence-corrected chi connectivity index (χ0v) is 11.6. The summed E-state index contributed by atoms with van der Waals surface area (Å²) in [5.41, 5.74) is 0. The van der Waals surface area contributed by atoms with Crippen LogP contribution in [0.4, 0.5) is 0 Å². The van der Waals surface area contributed by atoms with Crippen molar-refractivity contribution in [1.82, 2.24) is 0 Å². The lowest BCUT2D eigenvalue weighted by atomic mass is 9.91. The van der Waals surface area contributed by atoms with E-state index < -0.39 is 8.56 Å². The number of hydrogen-bond acceptors (Lipinski definition) is 2. The van der Waals surface area contributed by atoms with Gasteiger partial charge in [0.2, 0.25) is 0 Å². The molecule has 3 rings (SSSR count). The van der Waals surface area contributed by atoms with Crippen LogP contribution < -0.4 is 0 Å². The largest absolute Gasteiger partial charge is 0.390 e. The molecule has 3 atom stereocenters. The molecule has 94 valence electrons. The van der Waals surface area contributed by atoms with E-state index in [4.69, 9.17) is 8.85 Å². The Bertz CT molecular complexity index is 327. The van der Waals surface area contributed by atoms with Crippen LogP contribution in [0, 0.1) is 17.8 Å². The van der Waals surface area contributed by atoms with E-state index in [0.29, 0.717) is 0 Å². The van der Waals surface area contributed by atoms with Crippen molar-refractivity contribution in [3.63, 3.8) is 0 Å². The van der Waals surface area contributed by atoms with Crippen LogP contribution in [0.5, 0.6) is 0 Å². The fourth-order valence-corrected chi connectivity index (χ4v) is 5.61. The third-order valence-corrected chi connectivity index (χ3v) is 7.27. The molecule has 3 heteroatoms.